The molecule has 4 rings (SSSR count). The quantitative estimate of drug-likeness (QED) is 0.467. The van der Waals surface area contributed by atoms with Crippen LogP contribution in [0.3, 0.4) is 0 Å². The molecule has 1 aromatic carbocycles. The van der Waals surface area contributed by atoms with Crippen LogP contribution in [-0.2, 0) is 16.1 Å². The smallest absolute Gasteiger partial charge is 0.328 e. The minimum absolute atomic E-state index is 0.00728. The minimum atomic E-state index is -0.474. The molecule has 3 aromatic rings. The molecule has 1 saturated heterocycles. The third-order valence-corrected chi connectivity index (χ3v) is 6.37. The van der Waals surface area contributed by atoms with Crippen LogP contribution in [0.1, 0.15) is 28.9 Å². The van der Waals surface area contributed by atoms with Gasteiger partial charge in [-0.3, -0.25) is 19.0 Å². The number of esters is 1. The van der Waals surface area contributed by atoms with E-state index in [1.54, 1.807) is 35.2 Å². The van der Waals surface area contributed by atoms with Gasteiger partial charge in [0.25, 0.3) is 11.5 Å². The summed E-state index contributed by atoms with van der Waals surface area (Å²) in [6.07, 6.45) is 1.50. The van der Waals surface area contributed by atoms with E-state index < -0.39 is 5.69 Å². The van der Waals surface area contributed by atoms with Gasteiger partial charge < -0.3 is 14.6 Å². The molecule has 1 fully saturated rings. The normalized spacial score (nSPS) is 14.6. The lowest BCUT2D eigenvalue weighted by Crippen LogP contribution is -2.40. The highest BCUT2D eigenvalue weighted by molar-refractivity contribution is 7.12. The number of amides is 1. The van der Waals surface area contributed by atoms with E-state index in [-0.39, 0.29) is 36.5 Å². The number of fused-ring (bicyclic) bond motifs is 1. The monoisotopic (exact) mass is 441 g/mol. The van der Waals surface area contributed by atoms with Crippen LogP contribution < -0.4 is 11.2 Å². The summed E-state index contributed by atoms with van der Waals surface area (Å²) >= 11 is 1.41. The van der Waals surface area contributed by atoms with E-state index in [0.717, 1.165) is 4.57 Å². The Hall–Kier alpha value is -3.20. The Morgan fingerprint density at radius 2 is 1.87 bits per heavy atom. The van der Waals surface area contributed by atoms with Gasteiger partial charge in [-0.2, -0.15) is 0 Å². The standard InChI is InChI=1S/C22H23N3O5S/c26-19-16-5-1-2-6-17(16)23-22(29)25(19)10-4-13-30-21(28)15-8-11-24(12-9-15)20(27)18-7-3-14-31-18/h1-3,5-7,14-15H,4,8-13H2,(H,23,29). The summed E-state index contributed by atoms with van der Waals surface area (Å²) in [4.78, 5) is 54.6. The van der Waals surface area contributed by atoms with Crippen molar-refractivity contribution >= 4 is 34.1 Å². The zero-order valence-corrected chi connectivity index (χ0v) is 17.7. The van der Waals surface area contributed by atoms with Crippen molar-refractivity contribution in [3.8, 4) is 0 Å². The largest absolute Gasteiger partial charge is 0.465 e. The lowest BCUT2D eigenvalue weighted by molar-refractivity contribution is -0.150. The van der Waals surface area contributed by atoms with Crippen molar-refractivity contribution in [3.63, 3.8) is 0 Å². The molecule has 0 saturated carbocycles. The summed E-state index contributed by atoms with van der Waals surface area (Å²) in [5, 5.41) is 2.32. The average Bonchev–Trinajstić information content (AvgIpc) is 3.33. The van der Waals surface area contributed by atoms with Crippen LogP contribution in [-0.4, -0.2) is 46.0 Å². The highest BCUT2D eigenvalue weighted by Crippen LogP contribution is 2.21. The predicted molar refractivity (Wildman–Crippen MR) is 117 cm³/mol. The van der Waals surface area contributed by atoms with Crippen LogP contribution in [0.25, 0.3) is 10.9 Å². The number of para-hydroxylation sites is 1. The van der Waals surface area contributed by atoms with E-state index in [1.165, 1.54) is 11.3 Å². The highest BCUT2D eigenvalue weighted by atomic mass is 32.1. The van der Waals surface area contributed by atoms with Crippen LogP contribution >= 0.6 is 11.3 Å². The van der Waals surface area contributed by atoms with Crippen LogP contribution in [0.5, 0.6) is 0 Å². The van der Waals surface area contributed by atoms with Crippen molar-refractivity contribution in [1.82, 2.24) is 14.5 Å². The van der Waals surface area contributed by atoms with Gasteiger partial charge in [0.15, 0.2) is 0 Å². The number of hydrogen-bond acceptors (Lipinski definition) is 6. The third-order valence-electron chi connectivity index (χ3n) is 5.51. The number of likely N-dealkylation sites (tertiary alicyclic amines) is 1. The fourth-order valence-corrected chi connectivity index (χ4v) is 4.48. The molecule has 31 heavy (non-hydrogen) atoms. The number of rotatable bonds is 6. The lowest BCUT2D eigenvalue weighted by atomic mass is 9.97. The first-order chi connectivity index (χ1) is 15.0. The van der Waals surface area contributed by atoms with Gasteiger partial charge in [0, 0.05) is 19.6 Å². The molecule has 1 aliphatic heterocycles. The number of piperidine rings is 1. The number of carbonyl (C=O) groups excluding carboxylic acids is 2. The lowest BCUT2D eigenvalue weighted by Gasteiger charge is -2.30. The number of aromatic amines is 1. The number of aromatic nitrogens is 2. The SMILES string of the molecule is O=C(OCCCn1c(=O)[nH]c2ccccc2c1=O)C1CCN(C(=O)c2cccs2)CC1. The van der Waals surface area contributed by atoms with E-state index >= 15 is 0 Å². The highest BCUT2D eigenvalue weighted by Gasteiger charge is 2.29. The van der Waals surface area contributed by atoms with Gasteiger partial charge >= 0.3 is 11.7 Å². The zero-order chi connectivity index (χ0) is 21.8. The molecule has 3 heterocycles. The van der Waals surface area contributed by atoms with Crippen LogP contribution in [0, 0.1) is 5.92 Å². The number of carbonyl (C=O) groups is 2. The molecule has 162 valence electrons. The average molecular weight is 442 g/mol. The molecule has 0 radical (unpaired) electrons. The molecule has 0 spiro atoms. The van der Waals surface area contributed by atoms with Crippen molar-refractivity contribution in [3.05, 3.63) is 67.5 Å². The molecule has 0 aliphatic carbocycles. The number of nitrogens with zero attached hydrogens (tertiary/aromatic N) is 2. The Morgan fingerprint density at radius 3 is 2.61 bits per heavy atom. The minimum Gasteiger partial charge on any atom is -0.465 e. The number of H-pyrrole nitrogens is 1. The van der Waals surface area contributed by atoms with Gasteiger partial charge in [-0.1, -0.05) is 18.2 Å². The Labute approximate surface area is 182 Å². The van der Waals surface area contributed by atoms with Gasteiger partial charge in [-0.05, 0) is 42.8 Å². The molecular weight excluding hydrogens is 418 g/mol. The second kappa shape index (κ2) is 9.30. The number of ether oxygens (including phenoxy) is 1. The van der Waals surface area contributed by atoms with Crippen molar-refractivity contribution < 1.29 is 14.3 Å². The molecule has 1 aliphatic rings. The molecule has 0 atom stereocenters. The van der Waals surface area contributed by atoms with Crippen molar-refractivity contribution in [2.75, 3.05) is 19.7 Å². The van der Waals surface area contributed by atoms with Crippen LogP contribution in [0.15, 0.2) is 51.4 Å². The molecule has 0 bridgehead atoms. The predicted octanol–water partition coefficient (Wildman–Crippen LogP) is 2.24. The van der Waals surface area contributed by atoms with Crippen LogP contribution in [0.2, 0.25) is 0 Å². The summed E-state index contributed by atoms with van der Waals surface area (Å²) in [5.41, 5.74) is -0.324. The molecule has 1 amide bonds. The fourth-order valence-electron chi connectivity index (χ4n) is 3.79. The van der Waals surface area contributed by atoms with Gasteiger partial charge in [0.2, 0.25) is 0 Å². The molecule has 9 heteroatoms. The Balaban J connectivity index is 1.25. The van der Waals surface area contributed by atoms with E-state index in [9.17, 15) is 19.2 Å². The second-order valence-corrected chi connectivity index (χ2v) is 8.45. The Kier molecular flexibility index (Phi) is 6.31. The maximum atomic E-state index is 12.5. The van der Waals surface area contributed by atoms with Crippen molar-refractivity contribution in [2.45, 2.75) is 25.8 Å². The van der Waals surface area contributed by atoms with E-state index in [0.29, 0.717) is 48.1 Å². The third kappa shape index (κ3) is 4.61. The first kappa shape index (κ1) is 21.0. The summed E-state index contributed by atoms with van der Waals surface area (Å²) in [6.45, 7) is 1.35. The van der Waals surface area contributed by atoms with Gasteiger partial charge in [0.1, 0.15) is 0 Å². The number of hydrogen-bond donors (Lipinski definition) is 1. The van der Waals surface area contributed by atoms with E-state index in [4.69, 9.17) is 4.74 Å². The second-order valence-electron chi connectivity index (χ2n) is 7.50. The number of thiophene rings is 1. The topological polar surface area (TPSA) is 101 Å². The van der Waals surface area contributed by atoms with Crippen molar-refractivity contribution in [1.29, 1.82) is 0 Å². The maximum Gasteiger partial charge on any atom is 0.328 e. The van der Waals surface area contributed by atoms with E-state index in [2.05, 4.69) is 4.98 Å². The molecule has 8 nitrogen and oxygen atoms in total. The fraction of sp³-hybridized carbons (Fsp3) is 0.364. The summed E-state index contributed by atoms with van der Waals surface area (Å²) in [7, 11) is 0. The van der Waals surface area contributed by atoms with Gasteiger partial charge in [-0.15, -0.1) is 11.3 Å². The zero-order valence-electron chi connectivity index (χ0n) is 16.9. The number of nitrogens with one attached hydrogen (secondary N) is 1. The molecule has 0 unspecified atom stereocenters. The first-order valence-corrected chi connectivity index (χ1v) is 11.1. The van der Waals surface area contributed by atoms with Gasteiger partial charge in [0.05, 0.1) is 28.3 Å². The number of benzene rings is 1. The summed E-state index contributed by atoms with van der Waals surface area (Å²) in [5.74, 6) is -0.518. The van der Waals surface area contributed by atoms with Crippen LogP contribution in [0.4, 0.5) is 0 Å². The molecular formula is C22H23N3O5S. The Morgan fingerprint density at radius 1 is 1.10 bits per heavy atom. The van der Waals surface area contributed by atoms with E-state index in [1.807, 2.05) is 11.4 Å². The Bertz CT molecular complexity index is 1190. The molecule has 1 N–H and O–H groups in total. The molecule has 2 aromatic heterocycles. The summed E-state index contributed by atoms with van der Waals surface area (Å²) in [6, 6.07) is 10.5. The van der Waals surface area contributed by atoms with Crippen molar-refractivity contribution in [2.24, 2.45) is 5.92 Å². The maximum absolute atomic E-state index is 12.5. The summed E-state index contributed by atoms with van der Waals surface area (Å²) < 4.78 is 6.50. The van der Waals surface area contributed by atoms with Gasteiger partial charge in [-0.25, -0.2) is 4.79 Å². The first-order valence-electron chi connectivity index (χ1n) is 10.3.